The lowest BCUT2D eigenvalue weighted by Gasteiger charge is -2.16. The van der Waals surface area contributed by atoms with Crippen molar-refractivity contribution in [1.82, 2.24) is 9.97 Å². The molecule has 1 aromatic heterocycles. The number of phenolic OH excluding ortho intramolecular Hbond substituents is 1. The van der Waals surface area contributed by atoms with Crippen LogP contribution in [0.2, 0.25) is 0 Å². The van der Waals surface area contributed by atoms with E-state index in [4.69, 9.17) is 5.73 Å². The van der Waals surface area contributed by atoms with Gasteiger partial charge in [0.25, 0.3) is 0 Å². The molecule has 170 valence electrons. The van der Waals surface area contributed by atoms with Gasteiger partial charge in [-0.2, -0.15) is 13.2 Å². The highest BCUT2D eigenvalue weighted by atomic mass is 19.4. The molecule has 0 aliphatic rings. The van der Waals surface area contributed by atoms with Gasteiger partial charge in [0.05, 0.1) is 16.6 Å². The van der Waals surface area contributed by atoms with E-state index in [0.29, 0.717) is 23.4 Å². The number of hydrogen-bond donors (Lipinski definition) is 3. The van der Waals surface area contributed by atoms with E-state index in [2.05, 4.69) is 15.3 Å². The number of halogens is 3. The lowest BCUT2D eigenvalue weighted by atomic mass is 9.97. The minimum absolute atomic E-state index is 0.0132. The van der Waals surface area contributed by atoms with Crippen LogP contribution in [0.1, 0.15) is 18.9 Å². The maximum Gasteiger partial charge on any atom is 0.417 e. The molecule has 0 spiro atoms. The molecule has 4 N–H and O–H groups in total. The molecule has 0 fully saturated rings. The molecule has 33 heavy (non-hydrogen) atoms. The number of nitrogens with one attached hydrogen (secondary N) is 1. The van der Waals surface area contributed by atoms with Crippen LogP contribution in [0.3, 0.4) is 0 Å². The molecule has 0 bridgehead atoms. The molecular weight excluding hydrogens is 429 g/mol. The SMILES string of the molecule is CC[C@@H](N)CNc1nc(-c2cc(-c3ccccc3C(F)(F)F)ccc2O)nc2ccccc12. The van der Waals surface area contributed by atoms with E-state index in [9.17, 15) is 18.3 Å². The van der Waals surface area contributed by atoms with E-state index >= 15 is 0 Å². The summed E-state index contributed by atoms with van der Waals surface area (Å²) in [5.74, 6) is 0.611. The fourth-order valence-corrected chi connectivity index (χ4v) is 3.57. The Bertz CT molecular complexity index is 1290. The van der Waals surface area contributed by atoms with Crippen LogP contribution in [-0.2, 0) is 6.18 Å². The van der Waals surface area contributed by atoms with Crippen molar-refractivity contribution in [2.24, 2.45) is 5.73 Å². The van der Waals surface area contributed by atoms with Crippen LogP contribution in [0.4, 0.5) is 19.0 Å². The predicted octanol–water partition coefficient (Wildman–Crippen LogP) is 5.84. The van der Waals surface area contributed by atoms with Gasteiger partial charge in [0.2, 0.25) is 0 Å². The minimum Gasteiger partial charge on any atom is -0.507 e. The first-order valence-corrected chi connectivity index (χ1v) is 10.5. The lowest BCUT2D eigenvalue weighted by Crippen LogP contribution is -2.28. The van der Waals surface area contributed by atoms with E-state index < -0.39 is 11.7 Å². The van der Waals surface area contributed by atoms with Crippen LogP contribution >= 0.6 is 0 Å². The van der Waals surface area contributed by atoms with Crippen LogP contribution in [0.15, 0.2) is 66.7 Å². The Morgan fingerprint density at radius 3 is 2.45 bits per heavy atom. The summed E-state index contributed by atoms with van der Waals surface area (Å²) in [5, 5.41) is 14.6. The molecule has 0 saturated heterocycles. The number of alkyl halides is 3. The zero-order valence-corrected chi connectivity index (χ0v) is 17.9. The van der Waals surface area contributed by atoms with E-state index in [0.717, 1.165) is 17.9 Å². The van der Waals surface area contributed by atoms with Crippen LogP contribution in [0.25, 0.3) is 33.4 Å². The van der Waals surface area contributed by atoms with Gasteiger partial charge in [0.1, 0.15) is 11.6 Å². The highest BCUT2D eigenvalue weighted by Crippen LogP contribution is 2.39. The second-order valence-electron chi connectivity index (χ2n) is 7.74. The van der Waals surface area contributed by atoms with Crippen LogP contribution < -0.4 is 11.1 Å². The third-order valence-corrected chi connectivity index (χ3v) is 5.44. The molecule has 1 heterocycles. The van der Waals surface area contributed by atoms with E-state index in [1.54, 1.807) is 6.07 Å². The molecule has 1 atom stereocenters. The molecule has 4 aromatic rings. The molecule has 5 nitrogen and oxygen atoms in total. The van der Waals surface area contributed by atoms with Crippen LogP contribution in [0.5, 0.6) is 5.75 Å². The number of nitrogens with two attached hydrogens (primary N) is 1. The first-order valence-electron chi connectivity index (χ1n) is 10.5. The lowest BCUT2D eigenvalue weighted by molar-refractivity contribution is -0.137. The van der Waals surface area contributed by atoms with Crippen molar-refractivity contribution in [1.29, 1.82) is 0 Å². The first kappa shape index (κ1) is 22.5. The predicted molar refractivity (Wildman–Crippen MR) is 124 cm³/mol. The topological polar surface area (TPSA) is 84.1 Å². The quantitative estimate of drug-likeness (QED) is 0.342. The fourth-order valence-electron chi connectivity index (χ4n) is 3.57. The first-order chi connectivity index (χ1) is 15.8. The second-order valence-corrected chi connectivity index (χ2v) is 7.74. The van der Waals surface area contributed by atoms with Gasteiger partial charge >= 0.3 is 6.18 Å². The van der Waals surface area contributed by atoms with Gasteiger partial charge in [-0.25, -0.2) is 9.97 Å². The molecule has 0 unspecified atom stereocenters. The summed E-state index contributed by atoms with van der Waals surface area (Å²) >= 11 is 0. The summed E-state index contributed by atoms with van der Waals surface area (Å²) in [6, 6.07) is 16.9. The maximum atomic E-state index is 13.6. The number of aromatic nitrogens is 2. The smallest absolute Gasteiger partial charge is 0.417 e. The zero-order valence-electron chi connectivity index (χ0n) is 17.9. The standard InChI is InChI=1S/C25H23F3N4O/c1-2-16(29)14-30-23-18-8-4-6-10-21(18)31-24(32-23)19-13-15(11-12-22(19)33)17-7-3-5-9-20(17)25(26,27)28/h3-13,16,33H,2,14,29H2,1H3,(H,30,31,32)/t16-/m1/s1. The third kappa shape index (κ3) is 4.75. The van der Waals surface area contributed by atoms with Gasteiger partial charge in [0.15, 0.2) is 5.82 Å². The van der Waals surface area contributed by atoms with Gasteiger partial charge in [0, 0.05) is 18.0 Å². The summed E-state index contributed by atoms with van der Waals surface area (Å²) in [6.07, 6.45) is -3.73. The van der Waals surface area contributed by atoms with Crippen molar-refractivity contribution < 1.29 is 18.3 Å². The summed E-state index contributed by atoms with van der Waals surface area (Å²) in [7, 11) is 0. The fraction of sp³-hybridized carbons (Fsp3) is 0.200. The van der Waals surface area contributed by atoms with Gasteiger partial charge in [-0.1, -0.05) is 43.3 Å². The molecule has 0 saturated carbocycles. The number of fused-ring (bicyclic) bond motifs is 1. The largest absolute Gasteiger partial charge is 0.507 e. The summed E-state index contributed by atoms with van der Waals surface area (Å²) < 4.78 is 40.7. The molecule has 4 rings (SSSR count). The average molecular weight is 452 g/mol. The Hall–Kier alpha value is -3.65. The number of hydrogen-bond acceptors (Lipinski definition) is 5. The Balaban J connectivity index is 1.84. The van der Waals surface area contributed by atoms with Gasteiger partial charge in [-0.05, 0) is 47.9 Å². The molecule has 8 heteroatoms. The maximum absolute atomic E-state index is 13.6. The van der Waals surface area contributed by atoms with Crippen molar-refractivity contribution in [2.45, 2.75) is 25.6 Å². The molecule has 3 aromatic carbocycles. The number of anilines is 1. The van der Waals surface area contributed by atoms with E-state index in [-0.39, 0.29) is 28.7 Å². The van der Waals surface area contributed by atoms with E-state index in [1.807, 2.05) is 31.2 Å². The Morgan fingerprint density at radius 2 is 1.70 bits per heavy atom. The number of nitrogens with zero attached hydrogens (tertiary/aromatic N) is 2. The van der Waals surface area contributed by atoms with Gasteiger partial charge < -0.3 is 16.2 Å². The molecule has 0 aliphatic heterocycles. The number of rotatable bonds is 6. The highest BCUT2D eigenvalue weighted by molar-refractivity contribution is 5.91. The normalized spacial score (nSPS) is 12.6. The molecule has 0 amide bonds. The number of benzene rings is 3. The highest BCUT2D eigenvalue weighted by Gasteiger charge is 2.33. The van der Waals surface area contributed by atoms with Crippen molar-refractivity contribution in [2.75, 3.05) is 11.9 Å². The monoisotopic (exact) mass is 452 g/mol. The van der Waals surface area contributed by atoms with Crippen molar-refractivity contribution >= 4 is 16.7 Å². The molecule has 0 radical (unpaired) electrons. The van der Waals surface area contributed by atoms with Crippen molar-refractivity contribution in [3.05, 3.63) is 72.3 Å². The second kappa shape index (κ2) is 9.07. The number of aromatic hydroxyl groups is 1. The Labute approximate surface area is 189 Å². The van der Waals surface area contributed by atoms with Gasteiger partial charge in [-0.3, -0.25) is 0 Å². The molecule has 0 aliphatic carbocycles. The Kier molecular flexibility index (Phi) is 6.20. The zero-order chi connectivity index (χ0) is 23.6. The number of phenols is 1. The van der Waals surface area contributed by atoms with Crippen molar-refractivity contribution in [3.63, 3.8) is 0 Å². The summed E-state index contributed by atoms with van der Waals surface area (Å²) in [4.78, 5) is 9.14. The van der Waals surface area contributed by atoms with Crippen LogP contribution in [0, 0.1) is 0 Å². The average Bonchev–Trinajstić information content (AvgIpc) is 2.82. The van der Waals surface area contributed by atoms with Crippen LogP contribution in [-0.4, -0.2) is 27.7 Å². The summed E-state index contributed by atoms with van der Waals surface area (Å²) in [6.45, 7) is 2.47. The van der Waals surface area contributed by atoms with E-state index in [1.165, 1.54) is 30.3 Å². The Morgan fingerprint density at radius 1 is 0.970 bits per heavy atom. The number of para-hydroxylation sites is 1. The third-order valence-electron chi connectivity index (χ3n) is 5.44. The molecular formula is C25H23F3N4O. The minimum atomic E-state index is -4.51. The van der Waals surface area contributed by atoms with Gasteiger partial charge in [-0.15, -0.1) is 0 Å². The summed E-state index contributed by atoms with van der Waals surface area (Å²) in [5.41, 5.74) is 6.46. The van der Waals surface area contributed by atoms with Crippen molar-refractivity contribution in [3.8, 4) is 28.3 Å².